The van der Waals surface area contributed by atoms with Crippen LogP contribution in [0.1, 0.15) is 37.9 Å². The number of carbonyl (C=O) groups excluding carboxylic acids is 1. The summed E-state index contributed by atoms with van der Waals surface area (Å²) in [5.74, 6) is 0.424. The van der Waals surface area contributed by atoms with E-state index in [-0.39, 0.29) is 23.6 Å². The molecule has 2 aromatic carbocycles. The lowest BCUT2D eigenvalue weighted by molar-refractivity contribution is -0.126. The molecule has 0 bridgehead atoms. The summed E-state index contributed by atoms with van der Waals surface area (Å²) in [4.78, 5) is 45.3. The van der Waals surface area contributed by atoms with Gasteiger partial charge in [-0.1, -0.05) is 44.7 Å². The highest BCUT2D eigenvalue weighted by molar-refractivity contribution is 6.14. The van der Waals surface area contributed by atoms with E-state index in [0.717, 1.165) is 27.4 Å². The molecule has 0 unspecified atom stereocenters. The molecule has 232 valence electrons. The molecule has 1 aliphatic rings. The molecule has 0 aliphatic carbocycles. The van der Waals surface area contributed by atoms with Crippen LogP contribution in [0.15, 0.2) is 82.9 Å². The van der Waals surface area contributed by atoms with Crippen LogP contribution in [0.3, 0.4) is 0 Å². The van der Waals surface area contributed by atoms with E-state index in [2.05, 4.69) is 11.6 Å². The number of fused-ring (bicyclic) bond motifs is 4. The van der Waals surface area contributed by atoms with Gasteiger partial charge in [0.05, 0.1) is 23.3 Å². The largest absolute Gasteiger partial charge is 0.508 e. The van der Waals surface area contributed by atoms with E-state index in [0.29, 0.717) is 59.0 Å². The van der Waals surface area contributed by atoms with Crippen molar-refractivity contribution >= 4 is 44.5 Å². The average Bonchev–Trinajstić information content (AvgIpc) is 3.53. The quantitative estimate of drug-likeness (QED) is 0.232. The highest BCUT2D eigenvalue weighted by Gasteiger charge is 2.32. The van der Waals surface area contributed by atoms with Crippen molar-refractivity contribution in [1.29, 1.82) is 0 Å². The van der Waals surface area contributed by atoms with Crippen LogP contribution in [-0.2, 0) is 4.79 Å². The first-order valence-electron chi connectivity index (χ1n) is 15.4. The van der Waals surface area contributed by atoms with Crippen LogP contribution in [0.4, 0.5) is 5.82 Å². The van der Waals surface area contributed by atoms with E-state index in [4.69, 9.17) is 14.4 Å². The topological polar surface area (TPSA) is 118 Å². The van der Waals surface area contributed by atoms with Crippen LogP contribution in [0.2, 0.25) is 0 Å². The number of aromatic hydroxyl groups is 1. The van der Waals surface area contributed by atoms with Crippen molar-refractivity contribution in [3.63, 3.8) is 0 Å². The molecule has 1 saturated heterocycles. The number of phenolic OH excluding ortho intramolecular Hbond substituents is 1. The van der Waals surface area contributed by atoms with Crippen molar-refractivity contribution in [2.75, 3.05) is 24.5 Å². The Morgan fingerprint density at radius 1 is 1.11 bits per heavy atom. The highest BCUT2D eigenvalue weighted by Crippen LogP contribution is 2.41. The number of pyridine rings is 2. The van der Waals surface area contributed by atoms with Crippen molar-refractivity contribution in [1.82, 2.24) is 24.4 Å². The number of aryl methyl sites for hydroxylation is 1. The minimum absolute atomic E-state index is 0.00820. The van der Waals surface area contributed by atoms with Crippen LogP contribution in [0.5, 0.6) is 5.75 Å². The molecule has 5 heterocycles. The lowest BCUT2D eigenvalue weighted by Gasteiger charge is -2.40. The van der Waals surface area contributed by atoms with Gasteiger partial charge in [-0.2, -0.15) is 4.98 Å². The van der Waals surface area contributed by atoms with Crippen LogP contribution in [0, 0.1) is 6.92 Å². The fraction of sp³-hybridized carbons (Fsp3) is 0.250. The molecular weight excluding hydrogens is 580 g/mol. The molecule has 1 atom stereocenters. The van der Waals surface area contributed by atoms with Gasteiger partial charge in [-0.25, -0.2) is 14.3 Å². The summed E-state index contributed by atoms with van der Waals surface area (Å²) in [5.41, 5.74) is 3.89. The summed E-state index contributed by atoms with van der Waals surface area (Å²) < 4.78 is 7.79. The number of rotatable bonds is 5. The molecule has 0 radical (unpaired) electrons. The maximum Gasteiger partial charge on any atom is 0.355 e. The minimum atomic E-state index is -0.498. The normalized spacial score (nSPS) is 15.4. The van der Waals surface area contributed by atoms with Gasteiger partial charge in [-0.05, 0) is 66.4 Å². The summed E-state index contributed by atoms with van der Waals surface area (Å²) >= 11 is 0. The van der Waals surface area contributed by atoms with Crippen molar-refractivity contribution in [2.24, 2.45) is 0 Å². The lowest BCUT2D eigenvalue weighted by Crippen LogP contribution is -2.54. The predicted molar refractivity (Wildman–Crippen MR) is 180 cm³/mol. The number of phenols is 1. The van der Waals surface area contributed by atoms with Crippen molar-refractivity contribution < 1.29 is 14.3 Å². The second-order valence-corrected chi connectivity index (χ2v) is 12.1. The molecule has 7 rings (SSSR count). The number of amides is 1. The SMILES string of the molecule is C=CC(=O)N1CCN(c2nc(=O)n(-c3c(C)ccnc3C(C)C)c3nc(-c4cc(O)cc5ccccc45)c4ccoc4c23)[C@@H](C)C1. The third-order valence-electron chi connectivity index (χ3n) is 8.83. The van der Waals surface area contributed by atoms with E-state index < -0.39 is 5.69 Å². The number of hydrogen-bond donors (Lipinski definition) is 1. The summed E-state index contributed by atoms with van der Waals surface area (Å²) in [7, 11) is 0. The third-order valence-corrected chi connectivity index (χ3v) is 8.83. The molecule has 0 saturated carbocycles. The highest BCUT2D eigenvalue weighted by atomic mass is 16.3. The van der Waals surface area contributed by atoms with Gasteiger partial charge in [0.2, 0.25) is 5.91 Å². The maximum atomic E-state index is 14.3. The molecule has 4 aromatic heterocycles. The van der Waals surface area contributed by atoms with Crippen LogP contribution < -0.4 is 10.6 Å². The Hall–Kier alpha value is -5.51. The van der Waals surface area contributed by atoms with Gasteiger partial charge in [0.1, 0.15) is 17.0 Å². The number of piperazine rings is 1. The zero-order chi connectivity index (χ0) is 32.3. The lowest BCUT2D eigenvalue weighted by atomic mass is 9.98. The number of hydrogen-bond acceptors (Lipinski definition) is 8. The molecule has 0 spiro atoms. The van der Waals surface area contributed by atoms with Crippen LogP contribution >= 0.6 is 0 Å². The fourth-order valence-corrected chi connectivity index (χ4v) is 6.66. The molecule has 6 aromatic rings. The third kappa shape index (κ3) is 4.60. The molecule has 1 N–H and O–H groups in total. The summed E-state index contributed by atoms with van der Waals surface area (Å²) in [5, 5.41) is 13.8. The standard InChI is InChI=1S/C36H34N6O4/c1-6-28(44)40-14-15-41(22(5)19-40)34-29-33-26(12-16-46-33)31(27-18-24(43)17-23-9-7-8-10-25(23)27)38-35(29)42(36(45)39-34)32-21(4)11-13-37-30(32)20(2)3/h6-13,16-18,20,22,43H,1,14-15,19H2,2-5H3/t22-/m0/s1. The van der Waals surface area contributed by atoms with Crippen LogP contribution in [0.25, 0.3) is 49.7 Å². The van der Waals surface area contributed by atoms with Crippen LogP contribution in [-0.4, -0.2) is 61.1 Å². The Bertz CT molecular complexity index is 2250. The predicted octanol–water partition coefficient (Wildman–Crippen LogP) is 6.10. The number of aromatic nitrogens is 4. The molecule has 46 heavy (non-hydrogen) atoms. The first kappa shape index (κ1) is 29.2. The molecule has 10 heteroatoms. The summed E-state index contributed by atoms with van der Waals surface area (Å²) in [6.45, 7) is 13.0. The average molecular weight is 615 g/mol. The molecule has 1 fully saturated rings. The summed E-state index contributed by atoms with van der Waals surface area (Å²) in [6.07, 6.45) is 4.68. The fourth-order valence-electron chi connectivity index (χ4n) is 6.66. The van der Waals surface area contributed by atoms with Gasteiger partial charge in [-0.3, -0.25) is 9.78 Å². The van der Waals surface area contributed by atoms with Crippen molar-refractivity contribution in [3.8, 4) is 22.7 Å². The van der Waals surface area contributed by atoms with Gasteiger partial charge >= 0.3 is 5.69 Å². The van der Waals surface area contributed by atoms with Gasteiger partial charge in [-0.15, -0.1) is 0 Å². The second kappa shape index (κ2) is 11.1. The Morgan fingerprint density at radius 3 is 2.67 bits per heavy atom. The van der Waals surface area contributed by atoms with E-state index in [1.54, 1.807) is 34.1 Å². The minimum Gasteiger partial charge on any atom is -0.508 e. The second-order valence-electron chi connectivity index (χ2n) is 12.1. The Labute approximate surface area is 265 Å². The first-order chi connectivity index (χ1) is 22.2. The van der Waals surface area contributed by atoms with E-state index in [1.807, 2.05) is 69.0 Å². The van der Waals surface area contributed by atoms with Crippen molar-refractivity contribution in [3.05, 3.63) is 95.4 Å². The van der Waals surface area contributed by atoms with Gasteiger partial charge < -0.3 is 19.3 Å². The van der Waals surface area contributed by atoms with E-state index >= 15 is 0 Å². The number of nitrogens with zero attached hydrogens (tertiary/aromatic N) is 6. The monoisotopic (exact) mass is 614 g/mol. The number of anilines is 1. The molecule has 1 amide bonds. The Balaban J connectivity index is 1.60. The Morgan fingerprint density at radius 2 is 1.91 bits per heavy atom. The maximum absolute atomic E-state index is 14.3. The molecule has 1 aliphatic heterocycles. The van der Waals surface area contributed by atoms with E-state index in [9.17, 15) is 14.7 Å². The summed E-state index contributed by atoms with van der Waals surface area (Å²) in [6, 6.07) is 14.8. The first-order valence-corrected chi connectivity index (χ1v) is 15.4. The van der Waals surface area contributed by atoms with E-state index in [1.165, 1.54) is 6.08 Å². The smallest absolute Gasteiger partial charge is 0.355 e. The van der Waals surface area contributed by atoms with Crippen molar-refractivity contribution in [2.45, 2.75) is 39.7 Å². The zero-order valence-electron chi connectivity index (χ0n) is 26.2. The zero-order valence-corrected chi connectivity index (χ0v) is 26.2. The number of furan rings is 1. The molecular formula is C36H34N6O4. The molecule has 10 nitrogen and oxygen atoms in total. The van der Waals surface area contributed by atoms with Gasteiger partial charge in [0.15, 0.2) is 11.2 Å². The number of benzene rings is 2. The van der Waals surface area contributed by atoms with Gasteiger partial charge in [0, 0.05) is 42.8 Å². The Kier molecular flexibility index (Phi) is 7.07. The van der Waals surface area contributed by atoms with Gasteiger partial charge in [0.25, 0.3) is 0 Å². The number of carbonyl (C=O) groups is 1.